The molecule has 14 heavy (non-hydrogen) atoms. The molecule has 0 spiro atoms. The van der Waals surface area contributed by atoms with Gasteiger partial charge in [-0.2, -0.15) is 0 Å². The lowest BCUT2D eigenvalue weighted by atomic mass is 10.1. The first-order valence-corrected chi connectivity index (χ1v) is 5.03. The minimum atomic E-state index is -1.42. The van der Waals surface area contributed by atoms with Crippen LogP contribution in [-0.4, -0.2) is 19.3 Å². The molecule has 0 aromatic heterocycles. The number of rotatable bonds is 4. The molecule has 0 bridgehead atoms. The summed E-state index contributed by atoms with van der Waals surface area (Å²) < 4.78 is 23.6. The summed E-state index contributed by atoms with van der Waals surface area (Å²) in [5, 5.41) is -1.42. The molecule has 0 saturated carbocycles. The van der Waals surface area contributed by atoms with E-state index in [9.17, 15) is 4.39 Å². The zero-order chi connectivity index (χ0) is 10.6. The third kappa shape index (κ3) is 1.97. The van der Waals surface area contributed by atoms with Crippen molar-refractivity contribution in [1.29, 1.82) is 0 Å². The van der Waals surface area contributed by atoms with E-state index in [1.54, 1.807) is 24.3 Å². The first-order valence-electron chi connectivity index (χ1n) is 4.11. The molecule has 2 nitrogen and oxygen atoms in total. The summed E-state index contributed by atoms with van der Waals surface area (Å²) in [6, 6.07) is 8.96. The van der Waals surface area contributed by atoms with E-state index in [2.05, 4.69) is 15.9 Å². The zero-order valence-corrected chi connectivity index (χ0v) is 9.62. The first-order chi connectivity index (χ1) is 6.67. The van der Waals surface area contributed by atoms with Gasteiger partial charge in [-0.25, -0.2) is 4.39 Å². The maximum absolute atomic E-state index is 13.4. The second-order valence-electron chi connectivity index (χ2n) is 2.74. The Morgan fingerprint density at radius 3 is 2.07 bits per heavy atom. The molecular weight excluding hydrogens is 251 g/mol. The van der Waals surface area contributed by atoms with Crippen molar-refractivity contribution in [2.45, 2.75) is 10.9 Å². The molecule has 1 unspecified atom stereocenters. The van der Waals surface area contributed by atoms with Gasteiger partial charge in [0.1, 0.15) is 0 Å². The van der Waals surface area contributed by atoms with Crippen molar-refractivity contribution in [2.24, 2.45) is 0 Å². The van der Waals surface area contributed by atoms with Gasteiger partial charge in [0.05, 0.1) is 0 Å². The second kappa shape index (κ2) is 4.87. The lowest BCUT2D eigenvalue weighted by Crippen LogP contribution is -2.37. The number of hydrogen-bond acceptors (Lipinski definition) is 2. The molecule has 1 atom stereocenters. The Labute approximate surface area is 91.2 Å². The van der Waals surface area contributed by atoms with E-state index >= 15 is 0 Å². The van der Waals surface area contributed by atoms with Crippen molar-refractivity contribution >= 4 is 15.9 Å². The highest BCUT2D eigenvalue weighted by Gasteiger charge is 2.40. The number of ether oxygens (including phenoxy) is 2. The van der Waals surface area contributed by atoms with Crippen LogP contribution < -0.4 is 0 Å². The monoisotopic (exact) mass is 262 g/mol. The minimum absolute atomic E-state index is 0.634. The molecule has 0 N–H and O–H groups in total. The Kier molecular flexibility index (Phi) is 4.04. The van der Waals surface area contributed by atoms with Crippen LogP contribution >= 0.6 is 15.9 Å². The lowest BCUT2D eigenvalue weighted by Gasteiger charge is -2.31. The summed E-state index contributed by atoms with van der Waals surface area (Å²) in [5.41, 5.74) is 0.634. The van der Waals surface area contributed by atoms with Gasteiger partial charge < -0.3 is 9.47 Å². The number of benzene rings is 1. The van der Waals surface area contributed by atoms with Crippen LogP contribution in [0.2, 0.25) is 0 Å². The van der Waals surface area contributed by atoms with Gasteiger partial charge in [0.15, 0.2) is 0 Å². The topological polar surface area (TPSA) is 18.5 Å². The quantitative estimate of drug-likeness (QED) is 0.614. The van der Waals surface area contributed by atoms with Gasteiger partial charge >= 0.3 is 0 Å². The fourth-order valence-corrected chi connectivity index (χ4v) is 1.93. The van der Waals surface area contributed by atoms with Gasteiger partial charge in [-0.15, -0.1) is 0 Å². The van der Waals surface area contributed by atoms with Crippen LogP contribution in [0.3, 0.4) is 0 Å². The summed E-state index contributed by atoms with van der Waals surface area (Å²) in [7, 11) is 2.81. The van der Waals surface area contributed by atoms with Crippen LogP contribution in [0.25, 0.3) is 0 Å². The highest BCUT2D eigenvalue weighted by Crippen LogP contribution is 2.34. The van der Waals surface area contributed by atoms with E-state index in [4.69, 9.17) is 9.47 Å². The number of alkyl halides is 2. The SMILES string of the molecule is COC(OC)(c1ccccc1)C(F)Br. The summed E-state index contributed by atoms with van der Waals surface area (Å²) in [5.74, 6) is -1.37. The Morgan fingerprint density at radius 1 is 1.21 bits per heavy atom. The molecule has 78 valence electrons. The molecule has 0 radical (unpaired) electrons. The van der Waals surface area contributed by atoms with Gasteiger partial charge in [-0.1, -0.05) is 30.3 Å². The third-order valence-electron chi connectivity index (χ3n) is 2.07. The van der Waals surface area contributed by atoms with Gasteiger partial charge in [-0.05, 0) is 15.9 Å². The minimum Gasteiger partial charge on any atom is -0.346 e. The van der Waals surface area contributed by atoms with Gasteiger partial charge in [-0.3, -0.25) is 0 Å². The van der Waals surface area contributed by atoms with Gasteiger partial charge in [0.25, 0.3) is 0 Å². The molecule has 0 amide bonds. The lowest BCUT2D eigenvalue weighted by molar-refractivity contribution is -0.231. The van der Waals surface area contributed by atoms with Gasteiger partial charge in [0.2, 0.25) is 10.9 Å². The molecule has 0 heterocycles. The maximum Gasteiger partial charge on any atom is 0.237 e. The van der Waals surface area contributed by atoms with E-state index in [1.807, 2.05) is 6.07 Å². The van der Waals surface area contributed by atoms with Crippen molar-refractivity contribution < 1.29 is 13.9 Å². The summed E-state index contributed by atoms with van der Waals surface area (Å²) >= 11 is 2.84. The normalized spacial score (nSPS) is 14.0. The smallest absolute Gasteiger partial charge is 0.237 e. The molecule has 1 aromatic rings. The standard InChI is InChI=1S/C10H12BrFO2/c1-13-10(14-2,9(11)12)8-6-4-3-5-7-8/h3-7,9H,1-2H3. The van der Waals surface area contributed by atoms with Crippen LogP contribution in [-0.2, 0) is 15.3 Å². The second-order valence-corrected chi connectivity index (χ2v) is 3.55. The van der Waals surface area contributed by atoms with Crippen LogP contribution in [0.4, 0.5) is 4.39 Å². The Bertz CT molecular complexity index is 273. The average Bonchev–Trinajstić information content (AvgIpc) is 2.22. The molecule has 4 heteroatoms. The highest BCUT2D eigenvalue weighted by atomic mass is 79.9. The molecular formula is C10H12BrFO2. The zero-order valence-electron chi connectivity index (χ0n) is 8.04. The Balaban J connectivity index is 3.11. The summed E-state index contributed by atoms with van der Waals surface area (Å²) in [6.45, 7) is 0. The number of hydrogen-bond donors (Lipinski definition) is 0. The van der Waals surface area contributed by atoms with Crippen molar-refractivity contribution in [3.05, 3.63) is 35.9 Å². The molecule has 1 rings (SSSR count). The molecule has 0 aliphatic carbocycles. The van der Waals surface area contributed by atoms with E-state index in [0.717, 1.165) is 0 Å². The Morgan fingerprint density at radius 2 is 1.71 bits per heavy atom. The van der Waals surface area contributed by atoms with Crippen LogP contribution in [0.1, 0.15) is 5.56 Å². The Hall–Kier alpha value is -0.450. The average molecular weight is 263 g/mol. The van der Waals surface area contributed by atoms with Crippen molar-refractivity contribution in [1.82, 2.24) is 0 Å². The fraction of sp³-hybridized carbons (Fsp3) is 0.400. The van der Waals surface area contributed by atoms with E-state index < -0.39 is 10.9 Å². The summed E-state index contributed by atoms with van der Waals surface area (Å²) in [4.78, 5) is 0. The third-order valence-corrected chi connectivity index (χ3v) is 2.67. The number of methoxy groups -OCH3 is 2. The van der Waals surface area contributed by atoms with Crippen molar-refractivity contribution in [3.63, 3.8) is 0 Å². The van der Waals surface area contributed by atoms with Crippen molar-refractivity contribution in [3.8, 4) is 0 Å². The predicted octanol–water partition coefficient (Wildman–Crippen LogP) is 2.82. The van der Waals surface area contributed by atoms with E-state index in [1.165, 1.54) is 14.2 Å². The van der Waals surface area contributed by atoms with Crippen LogP contribution in [0.5, 0.6) is 0 Å². The van der Waals surface area contributed by atoms with Gasteiger partial charge in [0, 0.05) is 19.8 Å². The van der Waals surface area contributed by atoms with Crippen LogP contribution in [0.15, 0.2) is 30.3 Å². The fourth-order valence-electron chi connectivity index (χ4n) is 1.29. The van der Waals surface area contributed by atoms with E-state index in [0.29, 0.717) is 5.56 Å². The largest absolute Gasteiger partial charge is 0.346 e. The number of halogens is 2. The molecule has 0 aliphatic heterocycles. The van der Waals surface area contributed by atoms with E-state index in [-0.39, 0.29) is 0 Å². The molecule has 0 fully saturated rings. The molecule has 1 aromatic carbocycles. The first kappa shape index (κ1) is 11.6. The molecule has 0 aliphatic rings. The maximum atomic E-state index is 13.4. The molecule has 0 saturated heterocycles. The predicted molar refractivity (Wildman–Crippen MR) is 56.0 cm³/mol. The highest BCUT2D eigenvalue weighted by molar-refractivity contribution is 9.09. The van der Waals surface area contributed by atoms with Crippen LogP contribution in [0, 0.1) is 0 Å². The summed E-state index contributed by atoms with van der Waals surface area (Å²) in [6.07, 6.45) is 0. The van der Waals surface area contributed by atoms with Crippen molar-refractivity contribution in [2.75, 3.05) is 14.2 Å².